The van der Waals surface area contributed by atoms with Crippen molar-refractivity contribution in [3.05, 3.63) is 11.7 Å². The molecule has 0 spiro atoms. The Kier molecular flexibility index (Phi) is 5.84. The van der Waals surface area contributed by atoms with E-state index >= 15 is 0 Å². The zero-order chi connectivity index (χ0) is 11.2. The molecule has 0 saturated heterocycles. The van der Waals surface area contributed by atoms with Crippen molar-refractivity contribution in [3.8, 4) is 0 Å². The molecule has 0 aromatic carbocycles. The fourth-order valence-corrected chi connectivity index (χ4v) is 2.17. The number of hydrogen-bond acceptors (Lipinski definition) is 5. The van der Waals surface area contributed by atoms with Crippen LogP contribution < -0.4 is 5.11 Å². The summed E-state index contributed by atoms with van der Waals surface area (Å²) in [4.78, 5) is 1.31. The number of nitrogens with zero attached hydrogens (tertiary/aromatic N) is 1. The minimum absolute atomic E-state index is 0.245. The molecule has 0 aromatic heterocycles. The summed E-state index contributed by atoms with van der Waals surface area (Å²) in [5.74, 6) is 0.621. The Balaban J connectivity index is 4.66. The smallest absolute Gasteiger partial charge is 0.354 e. The van der Waals surface area contributed by atoms with Crippen molar-refractivity contribution in [2.45, 2.75) is 13.8 Å². The molecule has 0 saturated carbocycles. The van der Waals surface area contributed by atoms with Crippen molar-refractivity contribution in [1.82, 2.24) is 4.90 Å². The molecular weight excluding hydrogens is 205 g/mol. The molecule has 0 aliphatic heterocycles. The third-order valence-electron chi connectivity index (χ3n) is 1.33. The molecule has 0 heterocycles. The Labute approximate surface area is 84.8 Å². The Bertz CT molecular complexity index is 229. The summed E-state index contributed by atoms with van der Waals surface area (Å²) in [6.07, 6.45) is 0. The quantitative estimate of drug-likeness (QED) is 0.495. The highest BCUT2D eigenvalue weighted by Gasteiger charge is 2.19. The van der Waals surface area contributed by atoms with E-state index < -0.39 is 7.60 Å². The topological polar surface area (TPSA) is 61.8 Å². The molecule has 0 radical (unpaired) electrons. The lowest BCUT2D eigenvalue weighted by Gasteiger charge is -2.24. The standard InChI is InChI=1S/C8H18NO4P/c1-5-12-14(11,13-6-2)7-8(10)9(3)4/h7,10H,5-6H2,1-4H3/p-1/b8-7-. The fourth-order valence-electron chi connectivity index (χ4n) is 0.722. The molecule has 6 heteroatoms. The largest absolute Gasteiger partial charge is 0.860 e. The van der Waals surface area contributed by atoms with Gasteiger partial charge in [-0.25, -0.2) is 0 Å². The maximum absolute atomic E-state index is 11.8. The van der Waals surface area contributed by atoms with Crippen LogP contribution in [0.4, 0.5) is 0 Å². The van der Waals surface area contributed by atoms with Gasteiger partial charge >= 0.3 is 7.60 Å². The van der Waals surface area contributed by atoms with E-state index in [2.05, 4.69) is 0 Å². The normalized spacial score (nSPS) is 13.0. The molecular formula is C8H17NO4P-. The molecule has 0 bridgehead atoms. The third kappa shape index (κ3) is 4.65. The average molecular weight is 222 g/mol. The zero-order valence-corrected chi connectivity index (χ0v) is 9.91. The molecule has 0 N–H and O–H groups in total. The first-order chi connectivity index (χ1) is 6.45. The lowest BCUT2D eigenvalue weighted by molar-refractivity contribution is -0.328. The first-order valence-electron chi connectivity index (χ1n) is 4.41. The van der Waals surface area contributed by atoms with Gasteiger partial charge in [-0.1, -0.05) is 0 Å². The van der Waals surface area contributed by atoms with Crippen LogP contribution in [0.25, 0.3) is 0 Å². The van der Waals surface area contributed by atoms with E-state index in [1.54, 1.807) is 27.9 Å². The van der Waals surface area contributed by atoms with Crippen molar-refractivity contribution in [1.29, 1.82) is 0 Å². The lowest BCUT2D eigenvalue weighted by atomic mass is 10.8. The zero-order valence-electron chi connectivity index (χ0n) is 9.02. The summed E-state index contributed by atoms with van der Waals surface area (Å²) in [5, 5.41) is 11.2. The second-order valence-electron chi connectivity index (χ2n) is 2.74. The summed E-state index contributed by atoms with van der Waals surface area (Å²) in [6.45, 7) is 3.88. The molecule has 0 atom stereocenters. The number of hydrogen-bond donors (Lipinski definition) is 0. The Morgan fingerprint density at radius 1 is 1.36 bits per heavy atom. The van der Waals surface area contributed by atoms with Gasteiger partial charge in [-0.15, -0.1) is 0 Å². The molecule has 0 fully saturated rings. The Morgan fingerprint density at radius 3 is 2.07 bits per heavy atom. The molecule has 0 aliphatic carbocycles. The minimum Gasteiger partial charge on any atom is -0.860 e. The van der Waals surface area contributed by atoms with E-state index in [-0.39, 0.29) is 19.1 Å². The van der Waals surface area contributed by atoms with Gasteiger partial charge in [-0.05, 0) is 19.7 Å². The first-order valence-corrected chi connectivity index (χ1v) is 6.02. The van der Waals surface area contributed by atoms with Crippen molar-refractivity contribution < 1.29 is 18.7 Å². The first kappa shape index (κ1) is 13.5. The monoisotopic (exact) mass is 222 g/mol. The Hall–Kier alpha value is -0.510. The predicted octanol–water partition coefficient (Wildman–Crippen LogP) is 0.973. The van der Waals surface area contributed by atoms with Crippen LogP contribution in [0, 0.1) is 0 Å². The van der Waals surface area contributed by atoms with Gasteiger partial charge in [0.1, 0.15) is 0 Å². The molecule has 0 unspecified atom stereocenters. The molecule has 14 heavy (non-hydrogen) atoms. The maximum Gasteiger partial charge on any atom is 0.354 e. The van der Waals surface area contributed by atoms with Gasteiger partial charge in [-0.2, -0.15) is 0 Å². The van der Waals surface area contributed by atoms with Gasteiger partial charge in [0.25, 0.3) is 0 Å². The summed E-state index contributed by atoms with van der Waals surface area (Å²) in [5.41, 5.74) is 0. The molecule has 0 rings (SSSR count). The van der Waals surface area contributed by atoms with Gasteiger partial charge in [0.15, 0.2) is 0 Å². The van der Waals surface area contributed by atoms with Gasteiger partial charge in [0, 0.05) is 19.9 Å². The second kappa shape index (κ2) is 6.06. The van der Waals surface area contributed by atoms with Crippen molar-refractivity contribution in [2.75, 3.05) is 27.3 Å². The van der Waals surface area contributed by atoms with Crippen LogP contribution in [0.1, 0.15) is 13.8 Å². The minimum atomic E-state index is -3.35. The molecule has 84 valence electrons. The van der Waals surface area contributed by atoms with Crippen LogP contribution in [0.3, 0.4) is 0 Å². The maximum atomic E-state index is 11.8. The fraction of sp³-hybridized carbons (Fsp3) is 0.750. The summed E-state index contributed by atoms with van der Waals surface area (Å²) in [7, 11) is -0.205. The highest BCUT2D eigenvalue weighted by Crippen LogP contribution is 2.50. The van der Waals surface area contributed by atoms with Crippen molar-refractivity contribution >= 4 is 7.60 Å². The predicted molar refractivity (Wildman–Crippen MR) is 52.6 cm³/mol. The van der Waals surface area contributed by atoms with E-state index in [1.807, 2.05) is 0 Å². The van der Waals surface area contributed by atoms with E-state index in [0.29, 0.717) is 0 Å². The third-order valence-corrected chi connectivity index (χ3v) is 3.10. The summed E-state index contributed by atoms with van der Waals surface area (Å²) in [6, 6.07) is 0. The van der Waals surface area contributed by atoms with Crippen LogP contribution in [-0.4, -0.2) is 32.2 Å². The van der Waals surface area contributed by atoms with Crippen LogP contribution in [0.2, 0.25) is 0 Å². The van der Waals surface area contributed by atoms with Gasteiger partial charge < -0.3 is 19.1 Å². The average Bonchev–Trinajstić information content (AvgIpc) is 2.04. The van der Waals surface area contributed by atoms with Crippen molar-refractivity contribution in [3.63, 3.8) is 0 Å². The van der Waals surface area contributed by atoms with Gasteiger partial charge in [0.2, 0.25) is 0 Å². The van der Waals surface area contributed by atoms with Gasteiger partial charge in [0.05, 0.1) is 13.2 Å². The van der Waals surface area contributed by atoms with Gasteiger partial charge in [-0.3, -0.25) is 4.57 Å². The van der Waals surface area contributed by atoms with E-state index in [1.165, 1.54) is 4.90 Å². The van der Waals surface area contributed by atoms with Crippen molar-refractivity contribution in [2.24, 2.45) is 0 Å². The van der Waals surface area contributed by atoms with Crippen LogP contribution in [0.5, 0.6) is 0 Å². The van der Waals surface area contributed by atoms with E-state index in [4.69, 9.17) is 9.05 Å². The molecule has 5 nitrogen and oxygen atoms in total. The highest BCUT2D eigenvalue weighted by molar-refractivity contribution is 7.57. The van der Waals surface area contributed by atoms with Crippen LogP contribution in [-0.2, 0) is 13.6 Å². The SMILES string of the molecule is CCOP(=O)(/C=C(\[O-])N(C)C)OCC. The van der Waals surface area contributed by atoms with E-state index in [0.717, 1.165) is 5.82 Å². The summed E-state index contributed by atoms with van der Waals surface area (Å²) < 4.78 is 21.6. The Morgan fingerprint density at radius 2 is 1.79 bits per heavy atom. The summed E-state index contributed by atoms with van der Waals surface area (Å²) >= 11 is 0. The van der Waals surface area contributed by atoms with E-state index in [9.17, 15) is 9.67 Å². The molecule has 0 amide bonds. The second-order valence-corrected chi connectivity index (χ2v) is 4.59. The highest BCUT2D eigenvalue weighted by atomic mass is 31.2. The number of rotatable bonds is 6. The molecule has 0 aromatic rings. The van der Waals surface area contributed by atoms with Crippen LogP contribution in [0.15, 0.2) is 11.7 Å². The lowest BCUT2D eigenvalue weighted by Crippen LogP contribution is -2.22. The molecule has 0 aliphatic rings. The van der Waals surface area contributed by atoms with Crippen LogP contribution >= 0.6 is 7.60 Å².